The number of pyridine rings is 1. The molecule has 0 aromatic carbocycles. The lowest BCUT2D eigenvalue weighted by Crippen LogP contribution is -1.82. The topological polar surface area (TPSA) is 17.3 Å². The maximum atomic E-state index is 5.96. The number of imidazole rings is 1. The number of nitrogens with zero attached hydrogens (tertiary/aromatic N) is 2. The highest BCUT2D eigenvalue weighted by molar-refractivity contribution is 6.31. The number of fused-ring (bicyclic) bond motifs is 1. The normalized spacial score (nSPS) is 10.9. The molecule has 0 radical (unpaired) electrons. The molecule has 0 N–H and O–H groups in total. The van der Waals surface area contributed by atoms with Gasteiger partial charge >= 0.3 is 0 Å². The second-order valence-corrected chi connectivity index (χ2v) is 3.36. The van der Waals surface area contributed by atoms with Crippen molar-refractivity contribution < 1.29 is 0 Å². The molecular formula is C8H6Cl2N2. The summed E-state index contributed by atoms with van der Waals surface area (Å²) in [6, 6.07) is 3.63. The van der Waals surface area contributed by atoms with Gasteiger partial charge in [-0.15, -0.1) is 0 Å². The van der Waals surface area contributed by atoms with Crippen molar-refractivity contribution in [3.63, 3.8) is 0 Å². The second kappa shape index (κ2) is 2.64. The van der Waals surface area contributed by atoms with Crippen LogP contribution in [0.15, 0.2) is 18.3 Å². The summed E-state index contributed by atoms with van der Waals surface area (Å²) in [5.41, 5.74) is 1.64. The lowest BCUT2D eigenvalue weighted by Gasteiger charge is -1.94. The van der Waals surface area contributed by atoms with Gasteiger partial charge in [-0.25, -0.2) is 4.98 Å². The van der Waals surface area contributed by atoms with Gasteiger partial charge < -0.3 is 0 Å². The molecule has 2 aromatic rings. The molecule has 0 fully saturated rings. The van der Waals surface area contributed by atoms with Crippen LogP contribution in [-0.2, 0) is 0 Å². The molecule has 2 rings (SSSR count). The van der Waals surface area contributed by atoms with Crippen LogP contribution in [0.5, 0.6) is 0 Å². The third kappa shape index (κ3) is 1.08. The van der Waals surface area contributed by atoms with E-state index in [0.717, 1.165) is 11.3 Å². The zero-order valence-electron chi connectivity index (χ0n) is 6.38. The molecule has 0 amide bonds. The van der Waals surface area contributed by atoms with Crippen LogP contribution < -0.4 is 0 Å². The highest BCUT2D eigenvalue weighted by Crippen LogP contribution is 2.19. The summed E-state index contributed by atoms with van der Waals surface area (Å²) in [5, 5.41) is 1.27. The van der Waals surface area contributed by atoms with E-state index in [4.69, 9.17) is 23.2 Å². The molecule has 4 heteroatoms. The van der Waals surface area contributed by atoms with E-state index in [0.29, 0.717) is 10.2 Å². The summed E-state index contributed by atoms with van der Waals surface area (Å²) >= 11 is 11.7. The van der Waals surface area contributed by atoms with Gasteiger partial charge in [0.15, 0.2) is 0 Å². The van der Waals surface area contributed by atoms with E-state index in [-0.39, 0.29) is 0 Å². The van der Waals surface area contributed by atoms with Crippen LogP contribution in [0.3, 0.4) is 0 Å². The number of hydrogen-bond acceptors (Lipinski definition) is 1. The van der Waals surface area contributed by atoms with Crippen molar-refractivity contribution in [3.05, 3.63) is 34.2 Å². The fourth-order valence-electron chi connectivity index (χ4n) is 1.11. The van der Waals surface area contributed by atoms with E-state index in [1.54, 1.807) is 16.7 Å². The van der Waals surface area contributed by atoms with Crippen LogP contribution in [0.25, 0.3) is 5.65 Å². The molecule has 62 valence electrons. The number of aryl methyl sites for hydroxylation is 1. The summed E-state index contributed by atoms with van der Waals surface area (Å²) in [5.74, 6) is 0. The number of rotatable bonds is 0. The smallest absolute Gasteiger partial charge is 0.138 e. The van der Waals surface area contributed by atoms with Crippen molar-refractivity contribution in [1.82, 2.24) is 9.38 Å². The Morgan fingerprint density at radius 2 is 2.08 bits per heavy atom. The first kappa shape index (κ1) is 7.90. The Morgan fingerprint density at radius 3 is 2.83 bits per heavy atom. The standard InChI is InChI=1S/C8H6Cl2N2/c1-5-8(10)12-4-6(9)2-3-7(12)11-5/h2-4H,1H3. The Bertz CT molecular complexity index is 434. The van der Waals surface area contributed by atoms with Crippen molar-refractivity contribution in [2.24, 2.45) is 0 Å². The molecule has 0 aliphatic carbocycles. The Morgan fingerprint density at radius 1 is 1.33 bits per heavy atom. The molecule has 0 aliphatic heterocycles. The fourth-order valence-corrected chi connectivity index (χ4v) is 1.45. The molecular weight excluding hydrogens is 195 g/mol. The van der Waals surface area contributed by atoms with Gasteiger partial charge in [0.25, 0.3) is 0 Å². The van der Waals surface area contributed by atoms with Gasteiger partial charge in [0.2, 0.25) is 0 Å². The highest BCUT2D eigenvalue weighted by Gasteiger charge is 2.04. The summed E-state index contributed by atoms with van der Waals surface area (Å²) in [4.78, 5) is 4.23. The number of halogens is 2. The first-order valence-electron chi connectivity index (χ1n) is 3.48. The van der Waals surface area contributed by atoms with Crippen LogP contribution >= 0.6 is 23.2 Å². The predicted octanol–water partition coefficient (Wildman–Crippen LogP) is 2.95. The second-order valence-electron chi connectivity index (χ2n) is 2.56. The summed E-state index contributed by atoms with van der Waals surface area (Å²) < 4.78 is 1.76. The lowest BCUT2D eigenvalue weighted by molar-refractivity contribution is 1.18. The van der Waals surface area contributed by atoms with Gasteiger partial charge in [0.05, 0.1) is 10.7 Å². The van der Waals surface area contributed by atoms with Crippen molar-refractivity contribution in [1.29, 1.82) is 0 Å². The van der Waals surface area contributed by atoms with Gasteiger partial charge in [-0.05, 0) is 19.1 Å². The third-order valence-corrected chi connectivity index (χ3v) is 2.36. The van der Waals surface area contributed by atoms with Crippen LogP contribution in [0.4, 0.5) is 0 Å². The van der Waals surface area contributed by atoms with Crippen molar-refractivity contribution in [2.75, 3.05) is 0 Å². The van der Waals surface area contributed by atoms with Crippen LogP contribution in [0.1, 0.15) is 5.69 Å². The first-order valence-corrected chi connectivity index (χ1v) is 4.24. The number of aromatic nitrogens is 2. The Kier molecular flexibility index (Phi) is 1.74. The SMILES string of the molecule is Cc1nc2ccc(Cl)cn2c1Cl. The maximum absolute atomic E-state index is 5.96. The number of hydrogen-bond donors (Lipinski definition) is 0. The van der Waals surface area contributed by atoms with E-state index in [9.17, 15) is 0 Å². The molecule has 12 heavy (non-hydrogen) atoms. The lowest BCUT2D eigenvalue weighted by atomic mass is 10.5. The van der Waals surface area contributed by atoms with Gasteiger partial charge in [-0.2, -0.15) is 0 Å². The maximum Gasteiger partial charge on any atom is 0.138 e. The van der Waals surface area contributed by atoms with Crippen molar-refractivity contribution in [3.8, 4) is 0 Å². The van der Waals surface area contributed by atoms with Crippen LogP contribution in [0, 0.1) is 6.92 Å². The average molecular weight is 201 g/mol. The molecule has 0 saturated heterocycles. The monoisotopic (exact) mass is 200 g/mol. The zero-order valence-corrected chi connectivity index (χ0v) is 7.89. The summed E-state index contributed by atoms with van der Waals surface area (Å²) in [7, 11) is 0. The quantitative estimate of drug-likeness (QED) is 0.640. The predicted molar refractivity (Wildman–Crippen MR) is 49.9 cm³/mol. The van der Waals surface area contributed by atoms with Crippen LogP contribution in [0.2, 0.25) is 10.2 Å². The summed E-state index contributed by atoms with van der Waals surface area (Å²) in [6.07, 6.45) is 1.75. The molecule has 2 aromatic heterocycles. The van der Waals surface area contributed by atoms with E-state index >= 15 is 0 Å². The van der Waals surface area contributed by atoms with Crippen LogP contribution in [-0.4, -0.2) is 9.38 Å². The molecule has 0 saturated carbocycles. The molecule has 0 aliphatic rings. The average Bonchev–Trinajstić information content (AvgIpc) is 2.31. The minimum Gasteiger partial charge on any atom is -0.289 e. The van der Waals surface area contributed by atoms with E-state index in [2.05, 4.69) is 4.98 Å². The van der Waals surface area contributed by atoms with Gasteiger partial charge in [0, 0.05) is 6.20 Å². The van der Waals surface area contributed by atoms with E-state index < -0.39 is 0 Å². The summed E-state index contributed by atoms with van der Waals surface area (Å²) in [6.45, 7) is 1.86. The van der Waals surface area contributed by atoms with E-state index in [1.165, 1.54) is 0 Å². The van der Waals surface area contributed by atoms with E-state index in [1.807, 2.05) is 13.0 Å². The Labute approximate surface area is 79.7 Å². The molecule has 0 spiro atoms. The molecule has 0 bridgehead atoms. The van der Waals surface area contributed by atoms with Gasteiger partial charge in [-0.1, -0.05) is 23.2 Å². The van der Waals surface area contributed by atoms with Crippen molar-refractivity contribution >= 4 is 28.8 Å². The Hall–Kier alpha value is -0.730. The largest absolute Gasteiger partial charge is 0.289 e. The highest BCUT2D eigenvalue weighted by atomic mass is 35.5. The molecule has 0 atom stereocenters. The third-order valence-electron chi connectivity index (χ3n) is 1.68. The van der Waals surface area contributed by atoms with Gasteiger partial charge in [0.1, 0.15) is 10.8 Å². The Balaban J connectivity index is 2.88. The molecule has 2 heterocycles. The van der Waals surface area contributed by atoms with Gasteiger partial charge in [-0.3, -0.25) is 4.40 Å². The first-order chi connectivity index (χ1) is 5.68. The molecule has 2 nitrogen and oxygen atoms in total. The fraction of sp³-hybridized carbons (Fsp3) is 0.125. The minimum atomic E-state index is 0.618. The minimum absolute atomic E-state index is 0.618. The zero-order chi connectivity index (χ0) is 8.72. The van der Waals surface area contributed by atoms with Crippen molar-refractivity contribution in [2.45, 2.75) is 6.92 Å². The molecule has 0 unspecified atom stereocenters.